The summed E-state index contributed by atoms with van der Waals surface area (Å²) in [5, 5.41) is 7.12. The summed E-state index contributed by atoms with van der Waals surface area (Å²) in [6.45, 7) is 2.29. The summed E-state index contributed by atoms with van der Waals surface area (Å²) in [5.41, 5.74) is 1.20. The van der Waals surface area contributed by atoms with E-state index in [2.05, 4.69) is 21.7 Å². The molecule has 2 aromatic rings. The highest BCUT2D eigenvalue weighted by Crippen LogP contribution is 2.20. The Bertz CT molecular complexity index is 626. The highest BCUT2D eigenvalue weighted by Gasteiger charge is 2.19. The smallest absolute Gasteiger partial charge is 0.260 e. The Balaban J connectivity index is 1.88. The van der Waals surface area contributed by atoms with Gasteiger partial charge in [0.1, 0.15) is 11.5 Å². The van der Waals surface area contributed by atoms with E-state index < -0.39 is 6.10 Å². The zero-order valence-electron chi connectivity index (χ0n) is 14.5. The van der Waals surface area contributed by atoms with Crippen LogP contribution >= 0.6 is 11.3 Å². The predicted octanol–water partition coefficient (Wildman–Crippen LogP) is 2.94. The van der Waals surface area contributed by atoms with E-state index >= 15 is 0 Å². The number of ether oxygens (including phenoxy) is 2. The number of nitrogens with zero attached hydrogens (tertiary/aromatic N) is 1. The van der Waals surface area contributed by atoms with Gasteiger partial charge in [0.15, 0.2) is 6.10 Å². The minimum absolute atomic E-state index is 0.132. The van der Waals surface area contributed by atoms with Crippen LogP contribution in [0.1, 0.15) is 18.5 Å². The number of nitrogens with one attached hydrogen (secondary N) is 1. The van der Waals surface area contributed by atoms with Crippen LogP contribution in [-0.2, 0) is 4.79 Å². The van der Waals surface area contributed by atoms with Crippen molar-refractivity contribution in [2.45, 2.75) is 19.1 Å². The Morgan fingerprint density at radius 1 is 1.21 bits per heavy atom. The second-order valence-corrected chi connectivity index (χ2v) is 6.50. The van der Waals surface area contributed by atoms with E-state index in [0.717, 1.165) is 5.75 Å². The first kappa shape index (κ1) is 18.3. The van der Waals surface area contributed by atoms with Gasteiger partial charge in [0.05, 0.1) is 13.2 Å². The number of carbonyl (C=O) groups is 1. The van der Waals surface area contributed by atoms with Crippen LogP contribution < -0.4 is 14.8 Å². The molecule has 0 aliphatic carbocycles. The van der Waals surface area contributed by atoms with Gasteiger partial charge in [-0.25, -0.2) is 0 Å². The molecular weight excluding hydrogens is 324 g/mol. The van der Waals surface area contributed by atoms with Gasteiger partial charge in [0, 0.05) is 6.54 Å². The second-order valence-electron chi connectivity index (χ2n) is 5.72. The first-order valence-electron chi connectivity index (χ1n) is 7.78. The van der Waals surface area contributed by atoms with E-state index in [1.807, 2.05) is 19.5 Å². The zero-order chi connectivity index (χ0) is 17.5. The van der Waals surface area contributed by atoms with Crippen molar-refractivity contribution in [1.29, 1.82) is 0 Å². The van der Waals surface area contributed by atoms with Crippen LogP contribution in [-0.4, -0.2) is 44.7 Å². The standard InChI is InChI=1S/C18H24N2O3S/c1-13(23-16-7-5-15(22-4)6-8-16)18(21)19-11-17(20(2)3)14-9-10-24-12-14/h5-10,12-13,17H,11H2,1-4H3,(H,19,21)/t13-,17+/m1/s1. The van der Waals surface area contributed by atoms with Gasteiger partial charge in [-0.1, -0.05) is 0 Å². The lowest BCUT2D eigenvalue weighted by Crippen LogP contribution is -2.40. The van der Waals surface area contributed by atoms with Crippen LogP contribution in [0.3, 0.4) is 0 Å². The molecule has 24 heavy (non-hydrogen) atoms. The second kappa shape index (κ2) is 8.70. The molecule has 0 radical (unpaired) electrons. The van der Waals surface area contributed by atoms with Crippen LogP contribution in [0.2, 0.25) is 0 Å². The van der Waals surface area contributed by atoms with Crippen molar-refractivity contribution in [1.82, 2.24) is 10.2 Å². The lowest BCUT2D eigenvalue weighted by atomic mass is 10.1. The summed E-state index contributed by atoms with van der Waals surface area (Å²) in [5.74, 6) is 1.26. The Morgan fingerprint density at radius 2 is 1.88 bits per heavy atom. The third kappa shape index (κ3) is 4.97. The van der Waals surface area contributed by atoms with Crippen LogP contribution in [0.15, 0.2) is 41.1 Å². The Hall–Kier alpha value is -2.05. The molecule has 1 amide bonds. The number of methoxy groups -OCH3 is 1. The SMILES string of the molecule is COc1ccc(O[C@H](C)C(=O)NC[C@@H](c2ccsc2)N(C)C)cc1. The molecule has 1 aromatic heterocycles. The van der Waals surface area contributed by atoms with Crippen molar-refractivity contribution in [3.63, 3.8) is 0 Å². The number of hydrogen-bond acceptors (Lipinski definition) is 5. The Labute approximate surface area is 147 Å². The highest BCUT2D eigenvalue weighted by atomic mass is 32.1. The monoisotopic (exact) mass is 348 g/mol. The van der Waals surface area contributed by atoms with Crippen molar-refractivity contribution in [2.24, 2.45) is 0 Å². The molecule has 1 N–H and O–H groups in total. The molecule has 1 aromatic carbocycles. The van der Waals surface area contributed by atoms with Crippen LogP contribution in [0.4, 0.5) is 0 Å². The maximum absolute atomic E-state index is 12.3. The quantitative estimate of drug-likeness (QED) is 0.797. The molecule has 6 heteroatoms. The molecule has 5 nitrogen and oxygen atoms in total. The lowest BCUT2D eigenvalue weighted by molar-refractivity contribution is -0.127. The Kier molecular flexibility index (Phi) is 6.63. The van der Waals surface area contributed by atoms with Crippen molar-refractivity contribution < 1.29 is 14.3 Å². The molecule has 0 fully saturated rings. The molecule has 0 saturated heterocycles. The van der Waals surface area contributed by atoms with Gasteiger partial charge in [0.25, 0.3) is 5.91 Å². The fraction of sp³-hybridized carbons (Fsp3) is 0.389. The number of likely N-dealkylation sites (N-methyl/N-ethyl adjacent to an activating group) is 1. The van der Waals surface area contributed by atoms with Gasteiger partial charge in [-0.15, -0.1) is 0 Å². The normalized spacial score (nSPS) is 13.4. The number of rotatable bonds is 8. The molecular formula is C18H24N2O3S. The van der Waals surface area contributed by atoms with Gasteiger partial charge in [-0.2, -0.15) is 11.3 Å². The van der Waals surface area contributed by atoms with E-state index in [9.17, 15) is 4.79 Å². The number of hydrogen-bond donors (Lipinski definition) is 1. The summed E-state index contributed by atoms with van der Waals surface area (Å²) in [6.07, 6.45) is -0.566. The maximum atomic E-state index is 12.3. The number of benzene rings is 1. The zero-order valence-corrected chi connectivity index (χ0v) is 15.3. The lowest BCUT2D eigenvalue weighted by Gasteiger charge is -2.25. The minimum Gasteiger partial charge on any atom is -0.497 e. The van der Waals surface area contributed by atoms with E-state index in [1.165, 1.54) is 5.56 Å². The molecule has 1 heterocycles. The van der Waals surface area contributed by atoms with Gasteiger partial charge < -0.3 is 19.7 Å². The average Bonchev–Trinajstić information content (AvgIpc) is 3.09. The first-order valence-corrected chi connectivity index (χ1v) is 8.72. The third-order valence-electron chi connectivity index (χ3n) is 3.76. The number of amides is 1. The molecule has 0 saturated carbocycles. The molecule has 2 atom stereocenters. The first-order chi connectivity index (χ1) is 11.5. The van der Waals surface area contributed by atoms with E-state index in [-0.39, 0.29) is 11.9 Å². The van der Waals surface area contributed by atoms with E-state index in [4.69, 9.17) is 9.47 Å². The number of carbonyl (C=O) groups excluding carboxylic acids is 1. The van der Waals surface area contributed by atoms with Crippen LogP contribution in [0.25, 0.3) is 0 Å². The van der Waals surface area contributed by atoms with Crippen LogP contribution in [0, 0.1) is 0 Å². The van der Waals surface area contributed by atoms with Crippen molar-refractivity contribution in [2.75, 3.05) is 27.7 Å². The molecule has 0 aliphatic heterocycles. The number of thiophene rings is 1. The fourth-order valence-corrected chi connectivity index (χ4v) is 3.02. The van der Waals surface area contributed by atoms with E-state index in [1.54, 1.807) is 49.6 Å². The van der Waals surface area contributed by atoms with E-state index in [0.29, 0.717) is 12.3 Å². The summed E-state index contributed by atoms with van der Waals surface area (Å²) < 4.78 is 10.8. The fourth-order valence-electron chi connectivity index (χ4n) is 2.32. The summed E-state index contributed by atoms with van der Waals surface area (Å²) in [7, 11) is 5.62. The summed E-state index contributed by atoms with van der Waals surface area (Å²) in [4.78, 5) is 14.4. The molecule has 0 unspecified atom stereocenters. The van der Waals surface area contributed by atoms with Crippen LogP contribution in [0.5, 0.6) is 11.5 Å². The van der Waals surface area contributed by atoms with Gasteiger partial charge in [-0.3, -0.25) is 4.79 Å². The molecule has 130 valence electrons. The van der Waals surface area contributed by atoms with Gasteiger partial charge in [-0.05, 0) is 67.7 Å². The van der Waals surface area contributed by atoms with Crippen molar-refractivity contribution >= 4 is 17.2 Å². The van der Waals surface area contributed by atoms with Gasteiger partial charge in [0.2, 0.25) is 0 Å². The highest BCUT2D eigenvalue weighted by molar-refractivity contribution is 7.07. The van der Waals surface area contributed by atoms with Gasteiger partial charge >= 0.3 is 0 Å². The predicted molar refractivity (Wildman–Crippen MR) is 96.8 cm³/mol. The average molecular weight is 348 g/mol. The largest absolute Gasteiger partial charge is 0.497 e. The summed E-state index contributed by atoms with van der Waals surface area (Å²) >= 11 is 1.66. The minimum atomic E-state index is -0.566. The molecule has 0 aliphatic rings. The van der Waals surface area contributed by atoms with Crippen molar-refractivity contribution in [3.8, 4) is 11.5 Å². The molecule has 2 rings (SSSR count). The molecule has 0 spiro atoms. The molecule has 0 bridgehead atoms. The van der Waals surface area contributed by atoms with Crippen molar-refractivity contribution in [3.05, 3.63) is 46.7 Å². The Morgan fingerprint density at radius 3 is 2.42 bits per heavy atom. The summed E-state index contributed by atoms with van der Waals surface area (Å²) in [6, 6.07) is 9.41. The topological polar surface area (TPSA) is 50.8 Å². The third-order valence-corrected chi connectivity index (χ3v) is 4.46. The maximum Gasteiger partial charge on any atom is 0.260 e.